The van der Waals surface area contributed by atoms with Crippen LogP contribution in [0.5, 0.6) is 0 Å². The first-order chi connectivity index (χ1) is 12.4. The second kappa shape index (κ2) is 7.36. The van der Waals surface area contributed by atoms with Crippen molar-refractivity contribution >= 4 is 0 Å². The number of aromatic nitrogens is 2. The van der Waals surface area contributed by atoms with Gasteiger partial charge in [-0.2, -0.15) is 5.10 Å². The Hall–Kier alpha value is -2.56. The van der Waals surface area contributed by atoms with Crippen molar-refractivity contribution < 1.29 is 13.2 Å². The molecule has 0 fully saturated rings. The summed E-state index contributed by atoms with van der Waals surface area (Å²) >= 11 is 0. The van der Waals surface area contributed by atoms with Crippen LogP contribution >= 0.6 is 0 Å². The van der Waals surface area contributed by atoms with Crippen molar-refractivity contribution in [3.8, 4) is 16.8 Å². The van der Waals surface area contributed by atoms with Gasteiger partial charge in [-0.15, -0.1) is 0 Å². The van der Waals surface area contributed by atoms with Gasteiger partial charge in [0.25, 0.3) is 0 Å². The van der Waals surface area contributed by atoms with E-state index < -0.39 is 17.5 Å². The van der Waals surface area contributed by atoms with Crippen LogP contribution in [0, 0.1) is 24.4 Å². The number of hydrogen-bond donors (Lipinski definition) is 0. The summed E-state index contributed by atoms with van der Waals surface area (Å²) in [6.07, 6.45) is 3.82. The van der Waals surface area contributed by atoms with Gasteiger partial charge in [-0.1, -0.05) is 26.0 Å². The Bertz CT molecular complexity index is 904. The summed E-state index contributed by atoms with van der Waals surface area (Å²) in [6, 6.07) is 9.58. The zero-order chi connectivity index (χ0) is 18.8. The van der Waals surface area contributed by atoms with Crippen LogP contribution in [0.4, 0.5) is 13.2 Å². The van der Waals surface area contributed by atoms with Crippen molar-refractivity contribution in [1.29, 1.82) is 0 Å². The number of nitrogens with zero attached hydrogens (tertiary/aromatic N) is 2. The number of aryl methyl sites for hydroxylation is 1. The van der Waals surface area contributed by atoms with Crippen molar-refractivity contribution in [2.24, 2.45) is 0 Å². The van der Waals surface area contributed by atoms with Gasteiger partial charge in [-0.05, 0) is 66.6 Å². The molecule has 26 heavy (non-hydrogen) atoms. The first kappa shape index (κ1) is 18.2. The van der Waals surface area contributed by atoms with Crippen LogP contribution in [0.1, 0.15) is 43.9 Å². The van der Waals surface area contributed by atoms with Crippen LogP contribution in [-0.4, -0.2) is 9.78 Å². The molecule has 3 aromatic rings. The van der Waals surface area contributed by atoms with E-state index in [1.54, 1.807) is 4.68 Å². The summed E-state index contributed by atoms with van der Waals surface area (Å²) in [7, 11) is 0. The van der Waals surface area contributed by atoms with Crippen molar-refractivity contribution in [1.82, 2.24) is 9.78 Å². The summed E-state index contributed by atoms with van der Waals surface area (Å²) in [5.74, 6) is -3.49. The summed E-state index contributed by atoms with van der Waals surface area (Å²) in [4.78, 5) is 0. The van der Waals surface area contributed by atoms with Crippen LogP contribution < -0.4 is 0 Å². The number of hydrogen-bond acceptors (Lipinski definition) is 1. The monoisotopic (exact) mass is 358 g/mol. The van der Waals surface area contributed by atoms with Crippen LogP contribution in [-0.2, 0) is 0 Å². The normalized spacial score (nSPS) is 11.3. The molecule has 0 spiro atoms. The third-order valence-electron chi connectivity index (χ3n) is 4.74. The first-order valence-corrected chi connectivity index (χ1v) is 8.76. The lowest BCUT2D eigenvalue weighted by molar-refractivity contribution is 0.447. The molecule has 0 amide bonds. The van der Waals surface area contributed by atoms with Crippen LogP contribution in [0.2, 0.25) is 0 Å². The van der Waals surface area contributed by atoms with Crippen molar-refractivity contribution in [3.05, 3.63) is 71.3 Å². The molecule has 2 nitrogen and oxygen atoms in total. The van der Waals surface area contributed by atoms with Gasteiger partial charge in [0.15, 0.2) is 17.5 Å². The molecule has 0 aliphatic heterocycles. The molecule has 0 unspecified atom stereocenters. The highest BCUT2D eigenvalue weighted by Gasteiger charge is 2.17. The fourth-order valence-corrected chi connectivity index (χ4v) is 3.27. The van der Waals surface area contributed by atoms with E-state index in [-0.39, 0.29) is 0 Å². The lowest BCUT2D eigenvalue weighted by Gasteiger charge is -2.19. The molecule has 1 heterocycles. The van der Waals surface area contributed by atoms with E-state index >= 15 is 0 Å². The van der Waals surface area contributed by atoms with E-state index in [9.17, 15) is 13.2 Å². The van der Waals surface area contributed by atoms with Crippen LogP contribution in [0.3, 0.4) is 0 Å². The Morgan fingerprint density at radius 1 is 0.923 bits per heavy atom. The van der Waals surface area contributed by atoms with Gasteiger partial charge >= 0.3 is 0 Å². The Kier molecular flexibility index (Phi) is 5.16. The second-order valence-corrected chi connectivity index (χ2v) is 6.44. The maximum atomic E-state index is 13.6. The molecule has 0 saturated heterocycles. The molecule has 0 bridgehead atoms. The average molecular weight is 358 g/mol. The topological polar surface area (TPSA) is 17.8 Å². The van der Waals surface area contributed by atoms with E-state index in [1.165, 1.54) is 0 Å². The largest absolute Gasteiger partial charge is 0.240 e. The maximum absolute atomic E-state index is 13.6. The summed E-state index contributed by atoms with van der Waals surface area (Å²) in [5, 5.41) is 4.49. The standard InChI is InChI=1S/C21H21F3N2/c1-4-14(5-2)17-7-6-15(12-20(17)26-9-8-13(3)25-26)16-10-18(22)21(24)19(23)11-16/h6-12,14H,4-5H2,1-3H3. The number of rotatable bonds is 5. The molecular formula is C21H21F3N2. The predicted molar refractivity (Wildman–Crippen MR) is 96.9 cm³/mol. The van der Waals surface area contributed by atoms with E-state index in [4.69, 9.17) is 0 Å². The lowest BCUT2D eigenvalue weighted by Crippen LogP contribution is -2.05. The molecule has 0 atom stereocenters. The minimum absolute atomic E-state index is 0.294. The Morgan fingerprint density at radius 3 is 2.12 bits per heavy atom. The molecule has 3 rings (SSSR count). The zero-order valence-electron chi connectivity index (χ0n) is 15.1. The SMILES string of the molecule is CCC(CC)c1ccc(-c2cc(F)c(F)c(F)c2)cc1-n1ccc(C)n1. The molecule has 2 aromatic carbocycles. The maximum Gasteiger partial charge on any atom is 0.194 e. The van der Waals surface area contributed by atoms with Gasteiger partial charge < -0.3 is 0 Å². The Morgan fingerprint density at radius 2 is 1.58 bits per heavy atom. The zero-order valence-corrected chi connectivity index (χ0v) is 15.1. The quantitative estimate of drug-likeness (QED) is 0.499. The van der Waals surface area contributed by atoms with E-state index in [0.29, 0.717) is 17.0 Å². The highest BCUT2D eigenvalue weighted by molar-refractivity contribution is 5.68. The molecule has 0 N–H and O–H groups in total. The third-order valence-corrected chi connectivity index (χ3v) is 4.74. The van der Waals surface area contributed by atoms with Gasteiger partial charge in [0, 0.05) is 6.20 Å². The van der Waals surface area contributed by atoms with Crippen molar-refractivity contribution in [2.75, 3.05) is 0 Å². The van der Waals surface area contributed by atoms with E-state index in [1.807, 2.05) is 37.4 Å². The predicted octanol–water partition coefficient (Wildman–Crippen LogP) is 6.17. The fourth-order valence-electron chi connectivity index (χ4n) is 3.27. The highest BCUT2D eigenvalue weighted by atomic mass is 19.2. The van der Waals surface area contributed by atoms with Gasteiger partial charge in [0.05, 0.1) is 11.4 Å². The van der Waals surface area contributed by atoms with E-state index in [0.717, 1.165) is 41.9 Å². The van der Waals surface area contributed by atoms with Gasteiger partial charge in [-0.25, -0.2) is 17.9 Å². The van der Waals surface area contributed by atoms with Gasteiger partial charge in [0.1, 0.15) is 0 Å². The fraction of sp³-hybridized carbons (Fsp3) is 0.286. The summed E-state index contributed by atoms with van der Waals surface area (Å²) in [5.41, 5.74) is 3.78. The molecule has 0 aliphatic carbocycles. The molecule has 5 heteroatoms. The average Bonchev–Trinajstić information content (AvgIpc) is 3.07. The molecule has 0 aliphatic rings. The van der Waals surface area contributed by atoms with Gasteiger partial charge in [-0.3, -0.25) is 0 Å². The van der Waals surface area contributed by atoms with Gasteiger partial charge in [0.2, 0.25) is 0 Å². The highest BCUT2D eigenvalue weighted by Crippen LogP contribution is 2.33. The minimum Gasteiger partial charge on any atom is -0.240 e. The van der Waals surface area contributed by atoms with E-state index in [2.05, 4.69) is 18.9 Å². The molecular weight excluding hydrogens is 337 g/mol. The number of benzene rings is 2. The second-order valence-electron chi connectivity index (χ2n) is 6.44. The molecule has 0 saturated carbocycles. The smallest absolute Gasteiger partial charge is 0.194 e. The van der Waals surface area contributed by atoms with Crippen molar-refractivity contribution in [3.63, 3.8) is 0 Å². The molecule has 0 radical (unpaired) electrons. The Labute approximate surface area is 151 Å². The lowest BCUT2D eigenvalue weighted by atomic mass is 9.90. The van der Waals surface area contributed by atoms with Crippen LogP contribution in [0.25, 0.3) is 16.8 Å². The first-order valence-electron chi connectivity index (χ1n) is 8.76. The van der Waals surface area contributed by atoms with Crippen LogP contribution in [0.15, 0.2) is 42.6 Å². The third kappa shape index (κ3) is 3.39. The van der Waals surface area contributed by atoms with Crippen molar-refractivity contribution in [2.45, 2.75) is 39.5 Å². The summed E-state index contributed by atoms with van der Waals surface area (Å²) < 4.78 is 42.3. The summed E-state index contributed by atoms with van der Waals surface area (Å²) in [6.45, 7) is 6.16. The number of halogens is 3. The minimum atomic E-state index is -1.45. The molecule has 136 valence electrons. The Balaban J connectivity index is 2.18. The molecule has 1 aromatic heterocycles.